The summed E-state index contributed by atoms with van der Waals surface area (Å²) in [6, 6.07) is 9.64. The van der Waals surface area contributed by atoms with Crippen molar-refractivity contribution in [3.63, 3.8) is 0 Å². The summed E-state index contributed by atoms with van der Waals surface area (Å²) in [5.74, 6) is -0.189. The molecule has 22 heavy (non-hydrogen) atoms. The number of carbonyl (C=O) groups is 2. The highest BCUT2D eigenvalue weighted by Crippen LogP contribution is 2.35. The number of ether oxygens (including phenoxy) is 1. The quantitative estimate of drug-likeness (QED) is 0.912. The number of hydrogen-bond donors (Lipinski definition) is 1. The summed E-state index contributed by atoms with van der Waals surface area (Å²) in [5, 5.41) is 3.05. The third-order valence-corrected chi connectivity index (χ3v) is 4.84. The maximum Gasteiger partial charge on any atom is 0.254 e. The molecule has 2 heterocycles. The van der Waals surface area contributed by atoms with Gasteiger partial charge in [0.25, 0.3) is 5.91 Å². The van der Waals surface area contributed by atoms with Gasteiger partial charge < -0.3 is 15.0 Å². The molecule has 1 aromatic rings. The zero-order valence-electron chi connectivity index (χ0n) is 12.4. The van der Waals surface area contributed by atoms with Gasteiger partial charge >= 0.3 is 0 Å². The van der Waals surface area contributed by atoms with E-state index in [-0.39, 0.29) is 29.9 Å². The molecule has 2 saturated heterocycles. The Kier molecular flexibility index (Phi) is 3.37. The number of benzene rings is 1. The van der Waals surface area contributed by atoms with Gasteiger partial charge in [-0.3, -0.25) is 9.59 Å². The average Bonchev–Trinajstić information content (AvgIpc) is 3.10. The molecule has 0 spiro atoms. The Morgan fingerprint density at radius 2 is 1.91 bits per heavy atom. The first-order valence-corrected chi connectivity index (χ1v) is 8.02. The van der Waals surface area contributed by atoms with Crippen LogP contribution in [0.3, 0.4) is 0 Å². The maximum absolute atomic E-state index is 12.7. The Labute approximate surface area is 129 Å². The minimum Gasteiger partial charge on any atom is -0.375 e. The second-order valence-corrected chi connectivity index (χ2v) is 6.40. The zero-order valence-corrected chi connectivity index (χ0v) is 12.4. The van der Waals surface area contributed by atoms with Crippen LogP contribution >= 0.6 is 0 Å². The fraction of sp³-hybridized carbons (Fsp3) is 0.529. The lowest BCUT2D eigenvalue weighted by molar-refractivity contribution is -0.127. The number of rotatable bonds is 3. The fourth-order valence-corrected chi connectivity index (χ4v) is 3.52. The van der Waals surface area contributed by atoms with Gasteiger partial charge in [0.15, 0.2) is 0 Å². The SMILES string of the molecule is O=C(NC1CC1)[C@@H]1CN(C(=O)c2ccccc2)[C@@H]2CCO[C@H]21. The summed E-state index contributed by atoms with van der Waals surface area (Å²) in [5.41, 5.74) is 0.677. The summed E-state index contributed by atoms with van der Waals surface area (Å²) >= 11 is 0. The van der Waals surface area contributed by atoms with Crippen LogP contribution in [-0.4, -0.2) is 48.1 Å². The predicted molar refractivity (Wildman–Crippen MR) is 80.3 cm³/mol. The number of nitrogens with one attached hydrogen (secondary N) is 1. The van der Waals surface area contributed by atoms with Crippen molar-refractivity contribution in [3.05, 3.63) is 35.9 Å². The maximum atomic E-state index is 12.7. The molecular weight excluding hydrogens is 280 g/mol. The number of nitrogens with zero attached hydrogens (tertiary/aromatic N) is 1. The van der Waals surface area contributed by atoms with E-state index in [1.165, 1.54) is 0 Å². The topological polar surface area (TPSA) is 58.6 Å². The Morgan fingerprint density at radius 1 is 1.14 bits per heavy atom. The Morgan fingerprint density at radius 3 is 2.64 bits per heavy atom. The van der Waals surface area contributed by atoms with Crippen molar-refractivity contribution in [2.75, 3.05) is 13.2 Å². The summed E-state index contributed by atoms with van der Waals surface area (Å²) in [4.78, 5) is 27.0. The van der Waals surface area contributed by atoms with Gasteiger partial charge in [-0.2, -0.15) is 0 Å². The Bertz CT molecular complexity index is 585. The van der Waals surface area contributed by atoms with Gasteiger partial charge in [-0.15, -0.1) is 0 Å². The van der Waals surface area contributed by atoms with Gasteiger partial charge in [0.05, 0.1) is 18.1 Å². The van der Waals surface area contributed by atoms with Crippen molar-refractivity contribution in [2.24, 2.45) is 5.92 Å². The molecular formula is C17H20N2O3. The van der Waals surface area contributed by atoms with Crippen molar-refractivity contribution in [3.8, 4) is 0 Å². The highest BCUT2D eigenvalue weighted by molar-refractivity contribution is 5.95. The first-order chi connectivity index (χ1) is 10.7. The van der Waals surface area contributed by atoms with Gasteiger partial charge in [-0.25, -0.2) is 0 Å². The first-order valence-electron chi connectivity index (χ1n) is 8.02. The molecule has 5 nitrogen and oxygen atoms in total. The monoisotopic (exact) mass is 300 g/mol. The summed E-state index contributed by atoms with van der Waals surface area (Å²) in [7, 11) is 0. The second kappa shape index (κ2) is 5.39. The van der Waals surface area contributed by atoms with Crippen LogP contribution in [0.15, 0.2) is 30.3 Å². The zero-order chi connectivity index (χ0) is 15.1. The van der Waals surface area contributed by atoms with E-state index >= 15 is 0 Å². The molecule has 0 aromatic heterocycles. The van der Waals surface area contributed by atoms with E-state index in [9.17, 15) is 9.59 Å². The van der Waals surface area contributed by atoms with Crippen LogP contribution in [0, 0.1) is 5.92 Å². The van der Waals surface area contributed by atoms with Crippen molar-refractivity contribution in [1.82, 2.24) is 10.2 Å². The highest BCUT2D eigenvalue weighted by atomic mass is 16.5. The molecule has 4 rings (SSSR count). The van der Waals surface area contributed by atoms with Crippen molar-refractivity contribution in [1.29, 1.82) is 0 Å². The molecule has 3 atom stereocenters. The van der Waals surface area contributed by atoms with Gasteiger partial charge in [-0.05, 0) is 31.4 Å². The summed E-state index contributed by atoms with van der Waals surface area (Å²) < 4.78 is 5.77. The molecule has 0 unspecified atom stereocenters. The molecule has 1 N–H and O–H groups in total. The van der Waals surface area contributed by atoms with Gasteiger partial charge in [0.1, 0.15) is 0 Å². The number of hydrogen-bond acceptors (Lipinski definition) is 3. The third kappa shape index (κ3) is 2.39. The van der Waals surface area contributed by atoms with Gasteiger partial charge in [-0.1, -0.05) is 18.2 Å². The molecule has 0 bridgehead atoms. The summed E-state index contributed by atoms with van der Waals surface area (Å²) in [6.07, 6.45) is 2.81. The number of amides is 2. The van der Waals surface area contributed by atoms with E-state index in [4.69, 9.17) is 4.74 Å². The number of likely N-dealkylation sites (tertiary alicyclic amines) is 1. The van der Waals surface area contributed by atoms with Crippen LogP contribution in [-0.2, 0) is 9.53 Å². The molecule has 2 amide bonds. The summed E-state index contributed by atoms with van der Waals surface area (Å²) in [6.45, 7) is 1.09. The van der Waals surface area contributed by atoms with Crippen molar-refractivity contribution < 1.29 is 14.3 Å². The number of fused-ring (bicyclic) bond motifs is 1. The molecule has 5 heteroatoms. The lowest BCUT2D eigenvalue weighted by atomic mass is 10.0. The molecule has 1 saturated carbocycles. The van der Waals surface area contributed by atoms with E-state index in [0.29, 0.717) is 24.8 Å². The smallest absolute Gasteiger partial charge is 0.254 e. The van der Waals surface area contributed by atoms with Crippen molar-refractivity contribution >= 4 is 11.8 Å². The molecule has 2 aliphatic heterocycles. The van der Waals surface area contributed by atoms with Crippen LogP contribution in [0.1, 0.15) is 29.6 Å². The Hall–Kier alpha value is -1.88. The first kappa shape index (κ1) is 13.8. The van der Waals surface area contributed by atoms with E-state index in [0.717, 1.165) is 19.3 Å². The van der Waals surface area contributed by atoms with E-state index in [1.807, 2.05) is 35.2 Å². The lowest BCUT2D eigenvalue weighted by Crippen LogP contribution is -2.39. The highest BCUT2D eigenvalue weighted by Gasteiger charge is 2.50. The lowest BCUT2D eigenvalue weighted by Gasteiger charge is -2.22. The predicted octanol–water partition coefficient (Wildman–Crippen LogP) is 1.19. The third-order valence-electron chi connectivity index (χ3n) is 4.84. The average molecular weight is 300 g/mol. The molecule has 3 fully saturated rings. The molecule has 0 radical (unpaired) electrons. The molecule has 1 aliphatic carbocycles. The fourth-order valence-electron chi connectivity index (χ4n) is 3.52. The minimum atomic E-state index is -0.235. The van der Waals surface area contributed by atoms with Crippen LogP contribution in [0.2, 0.25) is 0 Å². The van der Waals surface area contributed by atoms with Crippen LogP contribution in [0.4, 0.5) is 0 Å². The van der Waals surface area contributed by atoms with Crippen LogP contribution in [0.25, 0.3) is 0 Å². The largest absolute Gasteiger partial charge is 0.375 e. The normalized spacial score (nSPS) is 30.2. The van der Waals surface area contributed by atoms with Crippen LogP contribution < -0.4 is 5.32 Å². The number of carbonyl (C=O) groups excluding carboxylic acids is 2. The van der Waals surface area contributed by atoms with E-state index in [2.05, 4.69) is 5.32 Å². The van der Waals surface area contributed by atoms with Crippen LogP contribution in [0.5, 0.6) is 0 Å². The molecule has 3 aliphatic rings. The van der Waals surface area contributed by atoms with E-state index < -0.39 is 0 Å². The molecule has 116 valence electrons. The molecule has 1 aromatic carbocycles. The van der Waals surface area contributed by atoms with E-state index in [1.54, 1.807) is 0 Å². The second-order valence-electron chi connectivity index (χ2n) is 6.40. The van der Waals surface area contributed by atoms with Crippen molar-refractivity contribution in [2.45, 2.75) is 37.5 Å². The van der Waals surface area contributed by atoms with Gasteiger partial charge in [0, 0.05) is 24.8 Å². The standard InChI is InChI=1S/C17H20N2O3/c20-16(18-12-6-7-12)13-10-19(14-8-9-22-15(13)14)17(21)11-4-2-1-3-5-11/h1-5,12-15H,6-10H2,(H,18,20)/t13-,14-,15+/m1/s1. The van der Waals surface area contributed by atoms with Gasteiger partial charge in [0.2, 0.25) is 5.91 Å². The Balaban J connectivity index is 1.53. The minimum absolute atomic E-state index is 0.00261.